The van der Waals surface area contributed by atoms with Crippen molar-refractivity contribution < 1.29 is 27.5 Å². The fourth-order valence-electron chi connectivity index (χ4n) is 1.67. The van der Waals surface area contributed by atoms with Gasteiger partial charge in [0, 0.05) is 6.54 Å². The van der Waals surface area contributed by atoms with Crippen molar-refractivity contribution in [3.8, 4) is 0 Å². The Bertz CT molecular complexity index is 687. The van der Waals surface area contributed by atoms with E-state index >= 15 is 0 Å². The molecule has 1 aromatic rings. The van der Waals surface area contributed by atoms with Gasteiger partial charge in [0.25, 0.3) is 0 Å². The zero-order valence-corrected chi connectivity index (χ0v) is 13.0. The van der Waals surface area contributed by atoms with E-state index in [-0.39, 0.29) is 18.1 Å². The van der Waals surface area contributed by atoms with Crippen molar-refractivity contribution in [2.45, 2.75) is 32.6 Å². The normalized spacial score (nSPS) is 12.4. The van der Waals surface area contributed by atoms with E-state index in [9.17, 15) is 18.0 Å². The van der Waals surface area contributed by atoms with Gasteiger partial charge in [-0.3, -0.25) is 4.79 Å². The van der Waals surface area contributed by atoms with Crippen molar-refractivity contribution >= 4 is 21.9 Å². The molecule has 0 aliphatic rings. The molecule has 0 aromatic carbocycles. The van der Waals surface area contributed by atoms with Gasteiger partial charge in [0.15, 0.2) is 0 Å². The predicted molar refractivity (Wildman–Crippen MR) is 73.3 cm³/mol. The van der Waals surface area contributed by atoms with Crippen LogP contribution in [0.1, 0.15) is 35.7 Å². The van der Waals surface area contributed by atoms with Crippen LogP contribution in [-0.2, 0) is 14.8 Å². The van der Waals surface area contributed by atoms with Gasteiger partial charge in [-0.05, 0) is 27.7 Å². The van der Waals surface area contributed by atoms with E-state index in [0.29, 0.717) is 0 Å². The average molecular weight is 318 g/mol. The molecule has 1 aromatic heterocycles. The Labute approximate surface area is 122 Å². The number of aryl methyl sites for hydroxylation is 2. The van der Waals surface area contributed by atoms with E-state index in [1.165, 1.54) is 27.7 Å². The Morgan fingerprint density at radius 3 is 2.24 bits per heavy atom. The fourth-order valence-corrected chi connectivity index (χ4v) is 3.28. The van der Waals surface area contributed by atoms with Crippen LogP contribution >= 0.6 is 0 Å². The molecule has 1 amide bonds. The average Bonchev–Trinajstić information content (AvgIpc) is 2.62. The van der Waals surface area contributed by atoms with E-state index < -0.39 is 37.8 Å². The predicted octanol–water partition coefficient (Wildman–Crippen LogP) is 0.384. The smallest absolute Gasteiger partial charge is 0.340 e. The van der Waals surface area contributed by atoms with Crippen LogP contribution in [0.25, 0.3) is 0 Å². The number of aromatic carboxylic acids is 1. The number of carbonyl (C=O) groups excluding carboxylic acids is 1. The van der Waals surface area contributed by atoms with Gasteiger partial charge >= 0.3 is 5.97 Å². The van der Waals surface area contributed by atoms with Crippen LogP contribution in [0.2, 0.25) is 0 Å². The summed E-state index contributed by atoms with van der Waals surface area (Å²) in [5, 5.41) is 9.11. The highest BCUT2D eigenvalue weighted by Gasteiger charge is 2.33. The summed E-state index contributed by atoms with van der Waals surface area (Å²) in [4.78, 5) is 21.9. The van der Waals surface area contributed by atoms with Crippen molar-refractivity contribution in [2.24, 2.45) is 11.1 Å². The molecule has 0 spiro atoms. The van der Waals surface area contributed by atoms with Gasteiger partial charge in [0.2, 0.25) is 15.9 Å². The van der Waals surface area contributed by atoms with Crippen LogP contribution in [0, 0.1) is 19.3 Å². The third kappa shape index (κ3) is 3.42. The van der Waals surface area contributed by atoms with Crippen molar-refractivity contribution in [2.75, 3.05) is 6.54 Å². The SMILES string of the molecule is Cc1oc(C)c(S(=O)(=O)NCC(C)(C)C(N)=O)c1C(=O)O. The highest BCUT2D eigenvalue weighted by atomic mass is 32.2. The minimum absolute atomic E-state index is 0.00506. The lowest BCUT2D eigenvalue weighted by atomic mass is 9.93. The number of carboxylic acid groups (broad SMARTS) is 1. The largest absolute Gasteiger partial charge is 0.478 e. The summed E-state index contributed by atoms with van der Waals surface area (Å²) in [6.45, 7) is 5.41. The first-order valence-corrected chi connectivity index (χ1v) is 7.51. The molecule has 4 N–H and O–H groups in total. The van der Waals surface area contributed by atoms with Gasteiger partial charge in [-0.25, -0.2) is 17.9 Å². The molecule has 0 aliphatic heterocycles. The lowest BCUT2D eigenvalue weighted by Gasteiger charge is -2.20. The van der Waals surface area contributed by atoms with E-state index in [0.717, 1.165) is 0 Å². The van der Waals surface area contributed by atoms with Crippen molar-refractivity contribution in [1.29, 1.82) is 0 Å². The van der Waals surface area contributed by atoms with Gasteiger partial charge in [0.1, 0.15) is 22.0 Å². The molecule has 0 saturated heterocycles. The molecule has 0 atom stereocenters. The van der Waals surface area contributed by atoms with Crippen LogP contribution < -0.4 is 10.5 Å². The number of hydrogen-bond acceptors (Lipinski definition) is 5. The Morgan fingerprint density at radius 2 is 1.81 bits per heavy atom. The lowest BCUT2D eigenvalue weighted by molar-refractivity contribution is -0.125. The second kappa shape index (κ2) is 5.49. The molecule has 1 heterocycles. The molecule has 0 fully saturated rings. The monoisotopic (exact) mass is 318 g/mol. The van der Waals surface area contributed by atoms with Gasteiger partial charge in [-0.15, -0.1) is 0 Å². The molecule has 21 heavy (non-hydrogen) atoms. The van der Waals surface area contributed by atoms with Gasteiger partial charge in [0.05, 0.1) is 5.41 Å². The molecule has 118 valence electrons. The minimum atomic E-state index is -4.14. The molecule has 9 heteroatoms. The molecule has 0 radical (unpaired) electrons. The lowest BCUT2D eigenvalue weighted by Crippen LogP contribution is -2.42. The summed E-state index contributed by atoms with van der Waals surface area (Å²) in [6.07, 6.45) is 0. The summed E-state index contributed by atoms with van der Waals surface area (Å²) < 4.78 is 31.8. The molecule has 0 unspecified atom stereocenters. The van der Waals surface area contributed by atoms with Crippen LogP contribution in [0.3, 0.4) is 0 Å². The topological polar surface area (TPSA) is 140 Å². The van der Waals surface area contributed by atoms with E-state index in [1.807, 2.05) is 0 Å². The number of primary amides is 1. The standard InChI is InChI=1S/C12H18N2O6S/c1-6-8(10(15)16)9(7(2)20-6)21(18,19)14-5-12(3,4)11(13)17/h14H,5H2,1-4H3,(H2,13,17)(H,15,16). The van der Waals surface area contributed by atoms with E-state index in [4.69, 9.17) is 15.3 Å². The highest BCUT2D eigenvalue weighted by Crippen LogP contribution is 2.27. The second-order valence-corrected chi connectivity index (χ2v) is 7.00. The third-order valence-corrected chi connectivity index (χ3v) is 4.61. The molecule has 0 bridgehead atoms. The number of nitrogens with one attached hydrogen (secondary N) is 1. The Balaban J connectivity index is 3.22. The first-order valence-electron chi connectivity index (χ1n) is 6.03. The quantitative estimate of drug-likeness (QED) is 0.693. The van der Waals surface area contributed by atoms with Crippen molar-refractivity contribution in [1.82, 2.24) is 4.72 Å². The number of rotatable bonds is 6. The number of amides is 1. The maximum atomic E-state index is 12.3. The summed E-state index contributed by atoms with van der Waals surface area (Å²) in [5.41, 5.74) is 3.64. The Hall–Kier alpha value is -1.87. The second-order valence-electron chi connectivity index (χ2n) is 5.30. The van der Waals surface area contributed by atoms with Crippen LogP contribution in [0.15, 0.2) is 9.31 Å². The molecular formula is C12H18N2O6S. The van der Waals surface area contributed by atoms with E-state index in [2.05, 4.69) is 4.72 Å². The van der Waals surface area contributed by atoms with Crippen molar-refractivity contribution in [3.63, 3.8) is 0 Å². The number of carbonyl (C=O) groups is 2. The maximum Gasteiger partial charge on any atom is 0.340 e. The summed E-state index contributed by atoms with van der Waals surface area (Å²) >= 11 is 0. The van der Waals surface area contributed by atoms with Gasteiger partial charge in [-0.1, -0.05) is 0 Å². The van der Waals surface area contributed by atoms with Crippen molar-refractivity contribution in [3.05, 3.63) is 17.1 Å². The van der Waals surface area contributed by atoms with Crippen LogP contribution in [0.5, 0.6) is 0 Å². The number of carboxylic acids is 1. The number of furan rings is 1. The van der Waals surface area contributed by atoms with Gasteiger partial charge < -0.3 is 15.3 Å². The summed E-state index contributed by atoms with van der Waals surface area (Å²) in [6, 6.07) is 0. The highest BCUT2D eigenvalue weighted by molar-refractivity contribution is 7.89. The zero-order valence-electron chi connectivity index (χ0n) is 12.2. The van der Waals surface area contributed by atoms with Gasteiger partial charge in [-0.2, -0.15) is 0 Å². The molecule has 0 saturated carbocycles. The molecule has 0 aliphatic carbocycles. The molecule has 8 nitrogen and oxygen atoms in total. The van der Waals surface area contributed by atoms with Crippen LogP contribution in [-0.4, -0.2) is 31.9 Å². The third-order valence-electron chi connectivity index (χ3n) is 3.06. The number of sulfonamides is 1. The number of nitrogens with two attached hydrogens (primary N) is 1. The summed E-state index contributed by atoms with van der Waals surface area (Å²) in [7, 11) is -4.14. The Kier molecular flexibility index (Phi) is 4.49. The van der Waals surface area contributed by atoms with E-state index in [1.54, 1.807) is 0 Å². The summed E-state index contributed by atoms with van der Waals surface area (Å²) in [5.74, 6) is -2.12. The first-order chi connectivity index (χ1) is 9.40. The molecular weight excluding hydrogens is 300 g/mol. The fraction of sp³-hybridized carbons (Fsp3) is 0.500. The van der Waals surface area contributed by atoms with Crippen LogP contribution in [0.4, 0.5) is 0 Å². The first kappa shape index (κ1) is 17.2. The Morgan fingerprint density at radius 1 is 1.29 bits per heavy atom. The minimum Gasteiger partial charge on any atom is -0.478 e. The molecule has 1 rings (SSSR count). The number of hydrogen-bond donors (Lipinski definition) is 3. The maximum absolute atomic E-state index is 12.3. The zero-order chi connectivity index (χ0) is 16.6.